The Labute approximate surface area is 193 Å². The number of nitrogens with one attached hydrogen (secondary N) is 3. The molecule has 3 aromatic rings. The molecule has 33 heavy (non-hydrogen) atoms. The minimum absolute atomic E-state index is 0.115. The molecule has 3 N–H and O–H groups in total. The van der Waals surface area contributed by atoms with Crippen LogP contribution in [0.5, 0.6) is 0 Å². The van der Waals surface area contributed by atoms with Crippen LogP contribution in [0.3, 0.4) is 0 Å². The van der Waals surface area contributed by atoms with Gasteiger partial charge in [0, 0.05) is 48.7 Å². The second-order valence-corrected chi connectivity index (χ2v) is 8.65. The Balaban J connectivity index is 1.61. The van der Waals surface area contributed by atoms with E-state index in [0.29, 0.717) is 30.0 Å². The minimum atomic E-state index is -0.422. The number of H-pyrrole nitrogens is 1. The number of aromatic nitrogens is 4. The second kappa shape index (κ2) is 10.1. The van der Waals surface area contributed by atoms with Crippen LogP contribution < -0.4 is 10.6 Å². The van der Waals surface area contributed by atoms with E-state index in [4.69, 9.17) is 10.2 Å². The van der Waals surface area contributed by atoms with Crippen LogP contribution in [0.4, 0.5) is 21.8 Å². The van der Waals surface area contributed by atoms with Crippen molar-refractivity contribution in [2.45, 2.75) is 71.0 Å². The Morgan fingerprint density at radius 3 is 2.64 bits per heavy atom. The molecule has 0 radical (unpaired) electrons. The first-order valence-electron chi connectivity index (χ1n) is 11.7. The summed E-state index contributed by atoms with van der Waals surface area (Å²) in [6.45, 7) is 6.87. The molecule has 4 rings (SSSR count). The predicted molar refractivity (Wildman–Crippen MR) is 128 cm³/mol. The number of pyridine rings is 2. The standard InChI is InChI=1S/C24H31FN8/c1-4-17-12-16(13-18(5-2)33(17)11-7-9-26)28-23-19-8-6-10-27-20(19)14-21(29-23)30-24-22(25)15(3)31-32-24/h6,8,10,14,16-18H,4-5,7,11-13H2,1-3H3,(H3,28,29,30,31,32). The van der Waals surface area contributed by atoms with Gasteiger partial charge in [-0.25, -0.2) is 9.37 Å². The van der Waals surface area contributed by atoms with E-state index in [1.54, 1.807) is 19.2 Å². The second-order valence-electron chi connectivity index (χ2n) is 8.65. The smallest absolute Gasteiger partial charge is 0.189 e. The molecule has 3 aromatic heterocycles. The van der Waals surface area contributed by atoms with E-state index in [1.807, 2.05) is 12.1 Å². The first-order chi connectivity index (χ1) is 16.0. The zero-order valence-electron chi connectivity index (χ0n) is 19.4. The molecule has 0 aromatic carbocycles. The number of piperidine rings is 1. The number of aromatic amines is 1. The molecule has 0 amide bonds. The van der Waals surface area contributed by atoms with Gasteiger partial charge in [0.15, 0.2) is 11.6 Å². The summed E-state index contributed by atoms with van der Waals surface area (Å²) in [4.78, 5) is 11.8. The van der Waals surface area contributed by atoms with E-state index in [-0.39, 0.29) is 11.9 Å². The maximum atomic E-state index is 14.3. The number of rotatable bonds is 8. The molecule has 1 aliphatic heterocycles. The molecule has 174 valence electrons. The molecule has 0 spiro atoms. The van der Waals surface area contributed by atoms with E-state index in [1.165, 1.54) is 0 Å². The Hall–Kier alpha value is -3.25. The number of likely N-dealkylation sites (tertiary alicyclic amines) is 1. The van der Waals surface area contributed by atoms with Crippen molar-refractivity contribution in [3.8, 4) is 6.07 Å². The third-order valence-corrected chi connectivity index (χ3v) is 6.53. The van der Waals surface area contributed by atoms with Gasteiger partial charge < -0.3 is 10.6 Å². The molecule has 0 bridgehead atoms. The van der Waals surface area contributed by atoms with Crippen molar-refractivity contribution in [1.82, 2.24) is 25.1 Å². The van der Waals surface area contributed by atoms with Gasteiger partial charge in [-0.2, -0.15) is 10.4 Å². The summed E-state index contributed by atoms with van der Waals surface area (Å²) in [6, 6.07) is 9.07. The van der Waals surface area contributed by atoms with E-state index >= 15 is 0 Å². The fourth-order valence-electron chi connectivity index (χ4n) is 4.85. The average Bonchev–Trinajstić information content (AvgIpc) is 3.14. The first-order valence-corrected chi connectivity index (χ1v) is 11.7. The molecule has 4 heterocycles. The first kappa shape index (κ1) is 22.9. The summed E-state index contributed by atoms with van der Waals surface area (Å²) >= 11 is 0. The quantitative estimate of drug-likeness (QED) is 0.449. The highest BCUT2D eigenvalue weighted by Crippen LogP contribution is 2.32. The van der Waals surface area contributed by atoms with Gasteiger partial charge in [-0.05, 0) is 44.7 Å². The normalized spacial score (nSPS) is 21.1. The third kappa shape index (κ3) is 4.91. The number of nitriles is 1. The SMILES string of the molecule is CCC1CC(Nc2nc(Nc3n[nH]c(C)c3F)cc3ncccc23)CC(CC)N1CCC#N. The Morgan fingerprint density at radius 1 is 1.24 bits per heavy atom. The van der Waals surface area contributed by atoms with Crippen LogP contribution in [0.1, 0.15) is 51.6 Å². The molecule has 1 saturated heterocycles. The van der Waals surface area contributed by atoms with Gasteiger partial charge in [0.1, 0.15) is 11.6 Å². The summed E-state index contributed by atoms with van der Waals surface area (Å²) < 4.78 is 14.3. The van der Waals surface area contributed by atoms with Crippen molar-refractivity contribution < 1.29 is 4.39 Å². The lowest BCUT2D eigenvalue weighted by Gasteiger charge is -2.45. The largest absolute Gasteiger partial charge is 0.367 e. The van der Waals surface area contributed by atoms with Gasteiger partial charge in [-0.1, -0.05) is 13.8 Å². The zero-order valence-corrected chi connectivity index (χ0v) is 19.4. The molecule has 8 nitrogen and oxygen atoms in total. The van der Waals surface area contributed by atoms with Crippen LogP contribution in [0.15, 0.2) is 24.4 Å². The van der Waals surface area contributed by atoms with Crippen LogP contribution in [-0.2, 0) is 0 Å². The van der Waals surface area contributed by atoms with Gasteiger partial charge in [-0.3, -0.25) is 15.0 Å². The molecule has 0 saturated carbocycles. The van der Waals surface area contributed by atoms with Crippen LogP contribution >= 0.6 is 0 Å². The number of hydrogen-bond donors (Lipinski definition) is 3. The Kier molecular flexibility index (Phi) is 7.04. The predicted octanol–water partition coefficient (Wildman–Crippen LogP) is 4.89. The van der Waals surface area contributed by atoms with Crippen molar-refractivity contribution in [3.63, 3.8) is 0 Å². The third-order valence-electron chi connectivity index (χ3n) is 6.53. The van der Waals surface area contributed by atoms with E-state index in [2.05, 4.69) is 50.6 Å². The van der Waals surface area contributed by atoms with Crippen molar-refractivity contribution in [2.75, 3.05) is 17.2 Å². The number of halogens is 1. The van der Waals surface area contributed by atoms with E-state index in [0.717, 1.165) is 48.9 Å². The maximum absolute atomic E-state index is 14.3. The summed E-state index contributed by atoms with van der Waals surface area (Å²) in [5.74, 6) is 0.911. The van der Waals surface area contributed by atoms with Crippen LogP contribution in [-0.4, -0.2) is 49.7 Å². The van der Waals surface area contributed by atoms with Gasteiger partial charge in [-0.15, -0.1) is 0 Å². The number of anilines is 3. The lowest BCUT2D eigenvalue weighted by molar-refractivity contribution is 0.0735. The highest BCUT2D eigenvalue weighted by atomic mass is 19.1. The minimum Gasteiger partial charge on any atom is -0.367 e. The highest BCUT2D eigenvalue weighted by Gasteiger charge is 2.33. The number of hydrogen-bond acceptors (Lipinski definition) is 7. The van der Waals surface area contributed by atoms with Crippen molar-refractivity contribution in [2.24, 2.45) is 0 Å². The van der Waals surface area contributed by atoms with Crippen molar-refractivity contribution in [3.05, 3.63) is 35.9 Å². The summed E-state index contributed by atoms with van der Waals surface area (Å²) in [6.07, 6.45) is 6.33. The summed E-state index contributed by atoms with van der Waals surface area (Å²) in [5.41, 5.74) is 1.14. The molecule has 2 atom stereocenters. The molecule has 1 fully saturated rings. The van der Waals surface area contributed by atoms with Crippen LogP contribution in [0, 0.1) is 24.1 Å². The Morgan fingerprint density at radius 2 is 2.00 bits per heavy atom. The Bertz CT molecular complexity index is 1120. The van der Waals surface area contributed by atoms with Crippen molar-refractivity contribution >= 4 is 28.4 Å². The van der Waals surface area contributed by atoms with Crippen LogP contribution in [0.2, 0.25) is 0 Å². The van der Waals surface area contributed by atoms with E-state index in [9.17, 15) is 4.39 Å². The number of nitrogens with zero attached hydrogens (tertiary/aromatic N) is 5. The molecular formula is C24H31FN8. The monoisotopic (exact) mass is 450 g/mol. The van der Waals surface area contributed by atoms with Gasteiger partial charge in [0.2, 0.25) is 0 Å². The average molecular weight is 451 g/mol. The van der Waals surface area contributed by atoms with Gasteiger partial charge in [0.25, 0.3) is 0 Å². The fraction of sp³-hybridized carbons (Fsp3) is 0.500. The molecule has 9 heteroatoms. The zero-order chi connectivity index (χ0) is 23.4. The lowest BCUT2D eigenvalue weighted by atomic mass is 9.88. The number of fused-ring (bicyclic) bond motifs is 1. The van der Waals surface area contributed by atoms with E-state index < -0.39 is 5.82 Å². The number of aryl methyl sites for hydroxylation is 1. The summed E-state index contributed by atoms with van der Waals surface area (Å²) in [5, 5.41) is 23.3. The molecular weight excluding hydrogens is 419 g/mol. The topological polar surface area (TPSA) is 106 Å². The highest BCUT2D eigenvalue weighted by molar-refractivity contribution is 5.91. The van der Waals surface area contributed by atoms with Gasteiger partial charge in [0.05, 0.1) is 17.3 Å². The van der Waals surface area contributed by atoms with Crippen LogP contribution in [0.25, 0.3) is 10.9 Å². The fourth-order valence-corrected chi connectivity index (χ4v) is 4.85. The molecule has 2 unspecified atom stereocenters. The lowest BCUT2D eigenvalue weighted by Crippen LogP contribution is -2.52. The molecule has 1 aliphatic rings. The van der Waals surface area contributed by atoms with Gasteiger partial charge >= 0.3 is 0 Å². The maximum Gasteiger partial charge on any atom is 0.189 e. The van der Waals surface area contributed by atoms with Crippen molar-refractivity contribution in [1.29, 1.82) is 5.26 Å². The summed E-state index contributed by atoms with van der Waals surface area (Å²) in [7, 11) is 0. The molecule has 0 aliphatic carbocycles.